The number of rotatable bonds is 3. The van der Waals surface area contributed by atoms with E-state index in [0.29, 0.717) is 0 Å². The number of halogens is 1. The van der Waals surface area contributed by atoms with Gasteiger partial charge in [-0.15, -0.1) is 0 Å². The molecule has 0 heterocycles. The van der Waals surface area contributed by atoms with Gasteiger partial charge in [0.15, 0.2) is 0 Å². The van der Waals surface area contributed by atoms with Crippen molar-refractivity contribution >= 4 is 6.08 Å². The summed E-state index contributed by atoms with van der Waals surface area (Å²) in [5.74, 6) is -0.233. The quantitative estimate of drug-likeness (QED) is 0.784. The van der Waals surface area contributed by atoms with Gasteiger partial charge in [-0.2, -0.15) is 0 Å². The topological polar surface area (TPSA) is 20.2 Å². The summed E-state index contributed by atoms with van der Waals surface area (Å²) < 4.78 is 12.6. The van der Waals surface area contributed by atoms with E-state index in [4.69, 9.17) is 5.11 Å². The van der Waals surface area contributed by atoms with Crippen molar-refractivity contribution in [1.29, 1.82) is 0 Å². The van der Waals surface area contributed by atoms with E-state index in [1.54, 1.807) is 12.1 Å². The van der Waals surface area contributed by atoms with Gasteiger partial charge >= 0.3 is 0 Å². The van der Waals surface area contributed by atoms with Gasteiger partial charge in [-0.05, 0) is 17.7 Å². The lowest BCUT2D eigenvalue weighted by Crippen LogP contribution is -2.12. The molecule has 0 aliphatic heterocycles. The normalized spacial score (nSPS) is 12.3. The molecule has 1 rings (SSSR count). The summed E-state index contributed by atoms with van der Waals surface area (Å²) in [7, 11) is 0. The summed E-state index contributed by atoms with van der Waals surface area (Å²) in [6.45, 7) is 3.98. The third-order valence-corrected chi connectivity index (χ3v) is 2.00. The first kappa shape index (κ1) is 10.9. The van der Waals surface area contributed by atoms with Crippen molar-refractivity contribution in [2.75, 3.05) is 6.61 Å². The Bertz CT molecular complexity index is 312. The minimum absolute atomic E-state index is 0.102. The molecule has 0 spiro atoms. The Morgan fingerprint density at radius 3 is 2.36 bits per heavy atom. The average Bonchev–Trinajstić information content (AvgIpc) is 2.17. The molecule has 2 heteroatoms. The fraction of sp³-hybridized carbons (Fsp3) is 0.333. The third kappa shape index (κ3) is 3.30. The van der Waals surface area contributed by atoms with Crippen LogP contribution in [0.15, 0.2) is 30.3 Å². The summed E-state index contributed by atoms with van der Waals surface area (Å²) in [6, 6.07) is 6.26. The van der Waals surface area contributed by atoms with Crippen LogP contribution in [-0.2, 0) is 0 Å². The van der Waals surface area contributed by atoms with Crippen LogP contribution in [0.5, 0.6) is 0 Å². The van der Waals surface area contributed by atoms with E-state index in [0.717, 1.165) is 5.56 Å². The molecule has 0 saturated carbocycles. The Kier molecular flexibility index (Phi) is 3.42. The molecule has 0 amide bonds. The fourth-order valence-electron chi connectivity index (χ4n) is 0.948. The largest absolute Gasteiger partial charge is 0.395 e. The van der Waals surface area contributed by atoms with Crippen molar-refractivity contribution in [1.82, 2.24) is 0 Å². The van der Waals surface area contributed by atoms with Crippen molar-refractivity contribution in [2.45, 2.75) is 13.8 Å². The summed E-state index contributed by atoms with van der Waals surface area (Å²) >= 11 is 0. The van der Waals surface area contributed by atoms with E-state index in [9.17, 15) is 4.39 Å². The van der Waals surface area contributed by atoms with Gasteiger partial charge < -0.3 is 5.11 Å². The second-order valence-corrected chi connectivity index (χ2v) is 4.03. The zero-order valence-corrected chi connectivity index (χ0v) is 8.50. The first-order chi connectivity index (χ1) is 6.53. The highest BCUT2D eigenvalue weighted by Gasteiger charge is 2.10. The lowest BCUT2D eigenvalue weighted by molar-refractivity contribution is 0.200. The molecule has 0 unspecified atom stereocenters. The van der Waals surface area contributed by atoms with Crippen molar-refractivity contribution in [3.63, 3.8) is 0 Å². The van der Waals surface area contributed by atoms with Gasteiger partial charge in [0, 0.05) is 5.41 Å². The summed E-state index contributed by atoms with van der Waals surface area (Å²) in [4.78, 5) is 0. The maximum absolute atomic E-state index is 12.6. The van der Waals surface area contributed by atoms with Gasteiger partial charge in [0.2, 0.25) is 0 Å². The molecule has 1 aromatic carbocycles. The van der Waals surface area contributed by atoms with E-state index in [1.807, 2.05) is 26.0 Å². The van der Waals surface area contributed by atoms with Gasteiger partial charge in [-0.3, -0.25) is 0 Å². The van der Waals surface area contributed by atoms with Crippen LogP contribution in [-0.4, -0.2) is 11.7 Å². The molecule has 1 aromatic rings. The van der Waals surface area contributed by atoms with E-state index in [2.05, 4.69) is 0 Å². The lowest BCUT2D eigenvalue weighted by Gasteiger charge is -2.15. The summed E-state index contributed by atoms with van der Waals surface area (Å²) in [5.41, 5.74) is 0.710. The van der Waals surface area contributed by atoms with Crippen molar-refractivity contribution in [3.05, 3.63) is 41.7 Å². The highest BCUT2D eigenvalue weighted by Crippen LogP contribution is 2.17. The van der Waals surface area contributed by atoms with Gasteiger partial charge in [-0.1, -0.05) is 38.1 Å². The van der Waals surface area contributed by atoms with Gasteiger partial charge in [-0.25, -0.2) is 4.39 Å². The molecule has 0 saturated heterocycles. The average molecular weight is 194 g/mol. The second kappa shape index (κ2) is 4.38. The second-order valence-electron chi connectivity index (χ2n) is 4.03. The molecule has 1 N–H and O–H groups in total. The molecule has 0 radical (unpaired) electrons. The van der Waals surface area contributed by atoms with Crippen LogP contribution < -0.4 is 0 Å². The maximum atomic E-state index is 12.6. The molecule has 0 aliphatic rings. The number of hydrogen-bond donors (Lipinski definition) is 1. The smallest absolute Gasteiger partial charge is 0.123 e. The molecule has 14 heavy (non-hydrogen) atoms. The first-order valence-corrected chi connectivity index (χ1v) is 4.59. The Morgan fingerprint density at radius 2 is 1.86 bits per heavy atom. The first-order valence-electron chi connectivity index (χ1n) is 4.59. The summed E-state index contributed by atoms with van der Waals surface area (Å²) in [5, 5.41) is 9.00. The molecule has 1 nitrogen and oxygen atoms in total. The molecular formula is C12H15FO. The van der Waals surface area contributed by atoms with Crippen LogP contribution >= 0.6 is 0 Å². The highest BCUT2D eigenvalue weighted by atomic mass is 19.1. The Labute approximate surface area is 83.9 Å². The molecule has 76 valence electrons. The highest BCUT2D eigenvalue weighted by molar-refractivity contribution is 5.49. The Hall–Kier alpha value is -1.15. The molecule has 0 fully saturated rings. The molecule has 0 aliphatic carbocycles. The number of aliphatic hydroxyl groups is 1. The predicted octanol–water partition coefficient (Wildman–Crippen LogP) is 2.86. The number of benzene rings is 1. The van der Waals surface area contributed by atoms with Crippen LogP contribution in [0.25, 0.3) is 6.08 Å². The summed E-state index contributed by atoms with van der Waals surface area (Å²) in [6.07, 6.45) is 3.80. The monoisotopic (exact) mass is 194 g/mol. The van der Waals surface area contributed by atoms with Crippen LogP contribution in [0, 0.1) is 11.2 Å². The van der Waals surface area contributed by atoms with E-state index in [1.165, 1.54) is 12.1 Å². The van der Waals surface area contributed by atoms with Crippen LogP contribution in [0.2, 0.25) is 0 Å². The maximum Gasteiger partial charge on any atom is 0.123 e. The van der Waals surface area contributed by atoms with E-state index < -0.39 is 0 Å². The molecule has 0 atom stereocenters. The van der Waals surface area contributed by atoms with Crippen molar-refractivity contribution < 1.29 is 9.50 Å². The zero-order chi connectivity index (χ0) is 10.6. The zero-order valence-electron chi connectivity index (χ0n) is 8.50. The minimum atomic E-state index is -0.233. The van der Waals surface area contributed by atoms with Crippen molar-refractivity contribution in [2.24, 2.45) is 5.41 Å². The van der Waals surface area contributed by atoms with Gasteiger partial charge in [0.1, 0.15) is 5.82 Å². The standard InChI is InChI=1S/C12H15FO/c1-12(2,9-14)8-7-10-3-5-11(13)6-4-10/h3-8,14H,9H2,1-2H3/b8-7+. The third-order valence-electron chi connectivity index (χ3n) is 2.00. The van der Waals surface area contributed by atoms with E-state index in [-0.39, 0.29) is 17.8 Å². The Morgan fingerprint density at radius 1 is 1.29 bits per heavy atom. The van der Waals surface area contributed by atoms with Crippen LogP contribution in [0.3, 0.4) is 0 Å². The number of hydrogen-bond acceptors (Lipinski definition) is 1. The van der Waals surface area contributed by atoms with Crippen molar-refractivity contribution in [3.8, 4) is 0 Å². The van der Waals surface area contributed by atoms with Crippen LogP contribution in [0.1, 0.15) is 19.4 Å². The minimum Gasteiger partial charge on any atom is -0.395 e. The lowest BCUT2D eigenvalue weighted by atomic mass is 9.93. The fourth-order valence-corrected chi connectivity index (χ4v) is 0.948. The Balaban J connectivity index is 2.74. The van der Waals surface area contributed by atoms with Gasteiger partial charge in [0.25, 0.3) is 0 Å². The molecule has 0 bridgehead atoms. The van der Waals surface area contributed by atoms with Crippen LogP contribution in [0.4, 0.5) is 4.39 Å². The van der Waals surface area contributed by atoms with Gasteiger partial charge in [0.05, 0.1) is 6.61 Å². The predicted molar refractivity (Wildman–Crippen MR) is 56.3 cm³/mol. The molecular weight excluding hydrogens is 179 g/mol. The molecule has 0 aromatic heterocycles. The SMILES string of the molecule is CC(C)(/C=C/c1ccc(F)cc1)CO. The number of aliphatic hydroxyl groups excluding tert-OH is 1. The van der Waals surface area contributed by atoms with E-state index >= 15 is 0 Å².